The summed E-state index contributed by atoms with van der Waals surface area (Å²) in [4.78, 5) is 22.5. The van der Waals surface area contributed by atoms with E-state index in [1.165, 1.54) is 25.3 Å². The maximum Gasteiger partial charge on any atom is 0.307 e. The normalized spacial score (nSPS) is 11.5. The lowest BCUT2D eigenvalue weighted by Gasteiger charge is -2.13. The predicted octanol–water partition coefficient (Wildman–Crippen LogP) is 1.27. The summed E-state index contributed by atoms with van der Waals surface area (Å²) >= 11 is 0. The van der Waals surface area contributed by atoms with Gasteiger partial charge in [0.1, 0.15) is 0 Å². The molecular weight excluding hydrogens is 253 g/mol. The summed E-state index contributed by atoms with van der Waals surface area (Å²) < 4.78 is 22.7. The zero-order valence-electron chi connectivity index (χ0n) is 10.8. The first-order valence-electron chi connectivity index (χ1n) is 5.76. The van der Waals surface area contributed by atoms with Gasteiger partial charge in [0.2, 0.25) is 0 Å². The molecule has 6 heteroatoms. The number of carbonyl (C=O) groups is 2. The topological polar surface area (TPSA) is 64.6 Å². The number of esters is 1. The van der Waals surface area contributed by atoms with Crippen LogP contribution >= 0.6 is 0 Å². The van der Waals surface area contributed by atoms with Gasteiger partial charge < -0.3 is 14.8 Å². The second-order valence-corrected chi connectivity index (χ2v) is 3.97. The van der Waals surface area contributed by atoms with E-state index in [-0.39, 0.29) is 24.8 Å². The number of rotatable bonds is 6. The van der Waals surface area contributed by atoms with E-state index in [1.54, 1.807) is 13.0 Å². The lowest BCUT2D eigenvalue weighted by atomic mass is 10.2. The number of benzene rings is 1. The number of nitrogens with one attached hydrogen (secondary N) is 1. The second kappa shape index (κ2) is 7.35. The van der Waals surface area contributed by atoms with Gasteiger partial charge in [0.25, 0.3) is 5.91 Å². The fraction of sp³-hybridized carbons (Fsp3) is 0.385. The fourth-order valence-corrected chi connectivity index (χ4v) is 1.41. The highest BCUT2D eigenvalue weighted by Gasteiger charge is 2.13. The molecule has 104 valence electrons. The Labute approximate surface area is 110 Å². The molecule has 0 saturated carbocycles. The first-order chi connectivity index (χ1) is 9.02. The first-order valence-corrected chi connectivity index (χ1v) is 5.76. The van der Waals surface area contributed by atoms with Crippen LogP contribution in [0.3, 0.4) is 0 Å². The number of hydrogen-bond donors (Lipinski definition) is 1. The highest BCUT2D eigenvalue weighted by atomic mass is 19.1. The van der Waals surface area contributed by atoms with Crippen LogP contribution in [-0.4, -0.2) is 31.6 Å². The third-order valence-corrected chi connectivity index (χ3v) is 2.30. The minimum absolute atomic E-state index is 0.0123. The molecule has 5 nitrogen and oxygen atoms in total. The second-order valence-electron chi connectivity index (χ2n) is 3.97. The molecule has 0 bridgehead atoms. The van der Waals surface area contributed by atoms with E-state index in [9.17, 15) is 14.0 Å². The molecule has 1 rings (SSSR count). The van der Waals surface area contributed by atoms with E-state index in [4.69, 9.17) is 4.74 Å². The molecule has 0 aliphatic rings. The van der Waals surface area contributed by atoms with Crippen molar-refractivity contribution in [1.29, 1.82) is 0 Å². The molecule has 0 saturated heterocycles. The van der Waals surface area contributed by atoms with Gasteiger partial charge in [-0.25, -0.2) is 4.39 Å². The Morgan fingerprint density at radius 1 is 1.37 bits per heavy atom. The summed E-state index contributed by atoms with van der Waals surface area (Å²) in [5, 5.41) is 2.55. The SMILES string of the molecule is COC(=O)CC(C)NC(=O)COc1ccccc1F. The summed E-state index contributed by atoms with van der Waals surface area (Å²) in [6.45, 7) is 1.35. The minimum Gasteiger partial charge on any atom is -0.481 e. The summed E-state index contributed by atoms with van der Waals surface area (Å²) in [6, 6.07) is 5.44. The number of hydrogen-bond acceptors (Lipinski definition) is 4. The molecular formula is C13H16FNO4. The number of ether oxygens (including phenoxy) is 2. The zero-order valence-corrected chi connectivity index (χ0v) is 10.8. The number of amides is 1. The summed E-state index contributed by atoms with van der Waals surface area (Å²) in [5.41, 5.74) is 0. The zero-order chi connectivity index (χ0) is 14.3. The van der Waals surface area contributed by atoms with Crippen molar-refractivity contribution in [2.45, 2.75) is 19.4 Å². The average Bonchev–Trinajstić information content (AvgIpc) is 2.37. The summed E-state index contributed by atoms with van der Waals surface area (Å²) in [5.74, 6) is -1.36. The Bertz CT molecular complexity index is 450. The highest BCUT2D eigenvalue weighted by molar-refractivity contribution is 5.79. The molecule has 0 fully saturated rings. The molecule has 1 N–H and O–H groups in total. The van der Waals surface area contributed by atoms with Gasteiger partial charge >= 0.3 is 5.97 Å². The Kier molecular flexibility index (Phi) is 5.78. The third kappa shape index (κ3) is 5.37. The van der Waals surface area contributed by atoms with Crippen molar-refractivity contribution in [2.75, 3.05) is 13.7 Å². The third-order valence-electron chi connectivity index (χ3n) is 2.30. The van der Waals surface area contributed by atoms with Crippen molar-refractivity contribution in [3.05, 3.63) is 30.1 Å². The number of methoxy groups -OCH3 is 1. The number of carbonyl (C=O) groups excluding carboxylic acids is 2. The van der Waals surface area contributed by atoms with E-state index in [0.29, 0.717) is 0 Å². The maximum atomic E-state index is 13.2. The Morgan fingerprint density at radius 2 is 2.05 bits per heavy atom. The van der Waals surface area contributed by atoms with Crippen LogP contribution in [0.5, 0.6) is 5.75 Å². The monoisotopic (exact) mass is 269 g/mol. The molecule has 1 unspecified atom stereocenters. The van der Waals surface area contributed by atoms with Crippen molar-refractivity contribution in [3.8, 4) is 5.75 Å². The maximum absolute atomic E-state index is 13.2. The Hall–Kier alpha value is -2.11. The van der Waals surface area contributed by atoms with Crippen LogP contribution in [0.4, 0.5) is 4.39 Å². The lowest BCUT2D eigenvalue weighted by Crippen LogP contribution is -2.37. The highest BCUT2D eigenvalue weighted by Crippen LogP contribution is 2.14. The molecule has 0 radical (unpaired) electrons. The van der Waals surface area contributed by atoms with Crippen LogP contribution < -0.4 is 10.1 Å². The van der Waals surface area contributed by atoms with Gasteiger partial charge in [0.15, 0.2) is 18.2 Å². The minimum atomic E-state index is -0.530. The van der Waals surface area contributed by atoms with Crippen LogP contribution in [0.25, 0.3) is 0 Å². The van der Waals surface area contributed by atoms with Crippen molar-refractivity contribution >= 4 is 11.9 Å². The molecule has 1 aromatic rings. The average molecular weight is 269 g/mol. The van der Waals surface area contributed by atoms with Crippen LogP contribution in [0.15, 0.2) is 24.3 Å². The number of halogens is 1. The molecule has 0 aliphatic heterocycles. The van der Waals surface area contributed by atoms with Gasteiger partial charge in [-0.1, -0.05) is 12.1 Å². The molecule has 0 heterocycles. The van der Waals surface area contributed by atoms with Crippen LogP contribution in [0, 0.1) is 5.82 Å². The summed E-state index contributed by atoms with van der Waals surface area (Å²) in [6.07, 6.45) is 0.0714. The van der Waals surface area contributed by atoms with Gasteiger partial charge in [-0.15, -0.1) is 0 Å². The van der Waals surface area contributed by atoms with Crippen LogP contribution in [0.1, 0.15) is 13.3 Å². The molecule has 19 heavy (non-hydrogen) atoms. The van der Waals surface area contributed by atoms with Crippen LogP contribution in [-0.2, 0) is 14.3 Å². The molecule has 0 spiro atoms. The van der Waals surface area contributed by atoms with E-state index in [2.05, 4.69) is 10.1 Å². The van der Waals surface area contributed by atoms with E-state index >= 15 is 0 Å². The standard InChI is InChI=1S/C13H16FNO4/c1-9(7-13(17)18-2)15-12(16)8-19-11-6-4-3-5-10(11)14/h3-6,9H,7-8H2,1-2H3,(H,15,16). The van der Waals surface area contributed by atoms with E-state index in [1.807, 2.05) is 0 Å². The predicted molar refractivity (Wildman–Crippen MR) is 66.1 cm³/mol. The largest absolute Gasteiger partial charge is 0.481 e. The fourth-order valence-electron chi connectivity index (χ4n) is 1.41. The van der Waals surface area contributed by atoms with Crippen molar-refractivity contribution in [3.63, 3.8) is 0 Å². The smallest absolute Gasteiger partial charge is 0.307 e. The van der Waals surface area contributed by atoms with Crippen molar-refractivity contribution in [1.82, 2.24) is 5.32 Å². The molecule has 0 aliphatic carbocycles. The van der Waals surface area contributed by atoms with Gasteiger partial charge in [-0.2, -0.15) is 0 Å². The van der Waals surface area contributed by atoms with E-state index in [0.717, 1.165) is 0 Å². The molecule has 0 aromatic heterocycles. The molecule has 1 amide bonds. The molecule has 1 atom stereocenters. The Morgan fingerprint density at radius 3 is 2.68 bits per heavy atom. The quantitative estimate of drug-likeness (QED) is 0.790. The Balaban J connectivity index is 2.36. The van der Waals surface area contributed by atoms with Gasteiger partial charge in [0.05, 0.1) is 13.5 Å². The van der Waals surface area contributed by atoms with Crippen LogP contribution in [0.2, 0.25) is 0 Å². The van der Waals surface area contributed by atoms with Crippen molar-refractivity contribution in [2.24, 2.45) is 0 Å². The molecule has 1 aromatic carbocycles. The first kappa shape index (κ1) is 14.9. The lowest BCUT2D eigenvalue weighted by molar-refractivity contribution is -0.141. The van der Waals surface area contributed by atoms with Gasteiger partial charge in [-0.3, -0.25) is 9.59 Å². The van der Waals surface area contributed by atoms with Gasteiger partial charge in [-0.05, 0) is 19.1 Å². The van der Waals surface area contributed by atoms with Gasteiger partial charge in [0, 0.05) is 6.04 Å². The van der Waals surface area contributed by atoms with E-state index < -0.39 is 17.7 Å². The number of para-hydroxylation sites is 1. The van der Waals surface area contributed by atoms with Crippen molar-refractivity contribution < 1.29 is 23.5 Å². The summed E-state index contributed by atoms with van der Waals surface area (Å²) in [7, 11) is 1.28.